The predicted octanol–water partition coefficient (Wildman–Crippen LogP) is -0.519. The maximum atomic E-state index is 12.1. The van der Waals surface area contributed by atoms with Crippen molar-refractivity contribution in [2.45, 2.75) is 26.9 Å². The first-order chi connectivity index (χ1) is 8.19. The van der Waals surface area contributed by atoms with Crippen LogP contribution in [0.4, 0.5) is 5.69 Å². The molecule has 0 aliphatic carbocycles. The Morgan fingerprint density at radius 3 is 2.12 bits per heavy atom. The predicted molar refractivity (Wildman–Crippen MR) is 66.4 cm³/mol. The Bertz CT molecular complexity index is 391. The van der Waals surface area contributed by atoms with Gasteiger partial charge in [0.1, 0.15) is 5.69 Å². The fourth-order valence-electron chi connectivity index (χ4n) is 1.91. The van der Waals surface area contributed by atoms with E-state index in [-0.39, 0.29) is 18.8 Å². The fraction of sp³-hybridized carbons (Fsp3) is 0.727. The lowest BCUT2D eigenvalue weighted by Crippen LogP contribution is -2.34. The highest BCUT2D eigenvalue weighted by molar-refractivity contribution is 5.42. The van der Waals surface area contributed by atoms with Gasteiger partial charge in [-0.15, -0.1) is 0 Å². The highest BCUT2D eigenvalue weighted by Gasteiger charge is 2.15. The average molecular weight is 243 g/mol. The lowest BCUT2D eigenvalue weighted by atomic mass is 10.4. The van der Waals surface area contributed by atoms with Gasteiger partial charge in [0.05, 0.1) is 19.4 Å². The van der Waals surface area contributed by atoms with Crippen LogP contribution in [-0.4, -0.2) is 45.9 Å². The summed E-state index contributed by atoms with van der Waals surface area (Å²) in [5.74, 6) is 0. The zero-order valence-corrected chi connectivity index (χ0v) is 10.5. The number of nitrogens with zero attached hydrogens (tertiary/aromatic N) is 3. The monoisotopic (exact) mass is 243 g/mol. The topological polar surface area (TPSA) is 70.6 Å². The fourth-order valence-corrected chi connectivity index (χ4v) is 1.91. The van der Waals surface area contributed by atoms with Crippen LogP contribution in [0.5, 0.6) is 0 Å². The normalized spacial score (nSPS) is 10.8. The molecule has 0 unspecified atom stereocenters. The van der Waals surface area contributed by atoms with Gasteiger partial charge in [0.25, 0.3) is 5.56 Å². The van der Waals surface area contributed by atoms with Gasteiger partial charge in [-0.3, -0.25) is 9.48 Å². The summed E-state index contributed by atoms with van der Waals surface area (Å²) in [5.41, 5.74) is 0.466. The SMILES string of the molecule is CCn1cc(N(CCO)CCO)c(=O)n1CC. The van der Waals surface area contributed by atoms with E-state index < -0.39 is 0 Å². The molecule has 0 saturated carbocycles. The zero-order chi connectivity index (χ0) is 12.8. The van der Waals surface area contributed by atoms with E-state index in [4.69, 9.17) is 10.2 Å². The second-order valence-electron chi connectivity index (χ2n) is 3.73. The maximum Gasteiger partial charge on any atom is 0.290 e. The third-order valence-corrected chi connectivity index (χ3v) is 2.74. The lowest BCUT2D eigenvalue weighted by molar-refractivity contribution is 0.281. The van der Waals surface area contributed by atoms with Gasteiger partial charge in [0.2, 0.25) is 0 Å². The molecular weight excluding hydrogens is 222 g/mol. The molecule has 17 heavy (non-hydrogen) atoms. The molecule has 0 atom stereocenters. The van der Waals surface area contributed by atoms with Crippen molar-refractivity contribution in [3.8, 4) is 0 Å². The van der Waals surface area contributed by atoms with E-state index in [0.717, 1.165) is 6.54 Å². The van der Waals surface area contributed by atoms with Crippen molar-refractivity contribution < 1.29 is 10.2 Å². The Labute approximate surface area is 101 Å². The molecule has 2 N–H and O–H groups in total. The van der Waals surface area contributed by atoms with E-state index in [1.807, 2.05) is 18.5 Å². The first kappa shape index (κ1) is 13.8. The van der Waals surface area contributed by atoms with Crippen LogP contribution in [0.1, 0.15) is 13.8 Å². The van der Waals surface area contributed by atoms with Crippen LogP contribution >= 0.6 is 0 Å². The highest BCUT2D eigenvalue weighted by Crippen LogP contribution is 2.08. The van der Waals surface area contributed by atoms with Gasteiger partial charge in [0.15, 0.2) is 0 Å². The molecule has 1 aromatic rings. The molecule has 1 aromatic heterocycles. The highest BCUT2D eigenvalue weighted by atomic mass is 16.3. The molecule has 0 radical (unpaired) electrons. The summed E-state index contributed by atoms with van der Waals surface area (Å²) in [7, 11) is 0. The number of rotatable bonds is 7. The third-order valence-electron chi connectivity index (χ3n) is 2.74. The molecule has 1 rings (SSSR count). The van der Waals surface area contributed by atoms with Crippen LogP contribution in [0.3, 0.4) is 0 Å². The van der Waals surface area contributed by atoms with Crippen LogP contribution in [0, 0.1) is 0 Å². The van der Waals surface area contributed by atoms with Gasteiger partial charge >= 0.3 is 0 Å². The first-order valence-electron chi connectivity index (χ1n) is 5.96. The van der Waals surface area contributed by atoms with Crippen molar-refractivity contribution in [1.82, 2.24) is 9.36 Å². The van der Waals surface area contributed by atoms with Gasteiger partial charge in [-0.25, -0.2) is 4.68 Å². The average Bonchev–Trinajstić information content (AvgIpc) is 2.65. The van der Waals surface area contributed by atoms with E-state index in [2.05, 4.69) is 0 Å². The Kier molecular flexibility index (Phi) is 5.24. The molecule has 6 heteroatoms. The molecule has 0 aliphatic heterocycles. The Morgan fingerprint density at radius 1 is 1.18 bits per heavy atom. The summed E-state index contributed by atoms with van der Waals surface area (Å²) in [6.07, 6.45) is 1.77. The summed E-state index contributed by atoms with van der Waals surface area (Å²) in [6, 6.07) is 0. The van der Waals surface area contributed by atoms with E-state index in [9.17, 15) is 4.79 Å². The van der Waals surface area contributed by atoms with Crippen molar-refractivity contribution in [2.24, 2.45) is 0 Å². The molecular formula is C11H21N3O3. The lowest BCUT2D eigenvalue weighted by Gasteiger charge is -2.19. The van der Waals surface area contributed by atoms with Gasteiger partial charge < -0.3 is 15.1 Å². The molecule has 6 nitrogen and oxygen atoms in total. The zero-order valence-electron chi connectivity index (χ0n) is 10.5. The van der Waals surface area contributed by atoms with E-state index in [1.165, 1.54) is 0 Å². The van der Waals surface area contributed by atoms with Crippen LogP contribution in [-0.2, 0) is 13.1 Å². The minimum absolute atomic E-state index is 0.0388. The van der Waals surface area contributed by atoms with Crippen molar-refractivity contribution in [2.75, 3.05) is 31.2 Å². The largest absolute Gasteiger partial charge is 0.395 e. The van der Waals surface area contributed by atoms with Crippen LogP contribution in [0.15, 0.2) is 11.0 Å². The summed E-state index contributed by atoms with van der Waals surface area (Å²) in [6.45, 7) is 5.84. The summed E-state index contributed by atoms with van der Waals surface area (Å²) in [5, 5.41) is 17.9. The summed E-state index contributed by atoms with van der Waals surface area (Å²) >= 11 is 0. The van der Waals surface area contributed by atoms with E-state index >= 15 is 0 Å². The number of hydrogen-bond acceptors (Lipinski definition) is 4. The Hall–Kier alpha value is -1.27. The molecule has 0 bridgehead atoms. The van der Waals surface area contributed by atoms with E-state index in [0.29, 0.717) is 25.3 Å². The number of hydrogen-bond donors (Lipinski definition) is 2. The second kappa shape index (κ2) is 6.46. The van der Waals surface area contributed by atoms with Crippen LogP contribution in [0.2, 0.25) is 0 Å². The number of aliphatic hydroxyl groups is 2. The van der Waals surface area contributed by atoms with Gasteiger partial charge in [-0.05, 0) is 13.8 Å². The molecule has 98 valence electrons. The van der Waals surface area contributed by atoms with Crippen molar-refractivity contribution in [1.29, 1.82) is 0 Å². The molecule has 0 aromatic carbocycles. The molecule has 0 fully saturated rings. The summed E-state index contributed by atoms with van der Waals surface area (Å²) < 4.78 is 3.50. The molecule has 0 aliphatic rings. The number of aryl methyl sites for hydroxylation is 1. The standard InChI is InChI=1S/C11H21N3O3/c1-3-13-9-10(11(17)14(13)4-2)12(5-7-15)6-8-16/h9,15-16H,3-8H2,1-2H3. The minimum Gasteiger partial charge on any atom is -0.395 e. The Balaban J connectivity index is 3.10. The first-order valence-corrected chi connectivity index (χ1v) is 5.96. The number of anilines is 1. The molecule has 1 heterocycles. The smallest absolute Gasteiger partial charge is 0.290 e. The quantitative estimate of drug-likeness (QED) is 0.676. The molecule has 0 saturated heterocycles. The molecule has 0 spiro atoms. The maximum absolute atomic E-state index is 12.1. The van der Waals surface area contributed by atoms with Crippen molar-refractivity contribution in [3.05, 3.63) is 16.6 Å². The Morgan fingerprint density at radius 2 is 1.76 bits per heavy atom. The number of aliphatic hydroxyl groups excluding tert-OH is 2. The van der Waals surface area contributed by atoms with Crippen LogP contribution < -0.4 is 10.5 Å². The van der Waals surface area contributed by atoms with Crippen LogP contribution in [0.25, 0.3) is 0 Å². The number of aromatic nitrogens is 2. The minimum atomic E-state index is -0.0729. The van der Waals surface area contributed by atoms with Gasteiger partial charge in [-0.1, -0.05) is 0 Å². The van der Waals surface area contributed by atoms with Crippen molar-refractivity contribution in [3.63, 3.8) is 0 Å². The van der Waals surface area contributed by atoms with Crippen molar-refractivity contribution >= 4 is 5.69 Å². The van der Waals surface area contributed by atoms with E-state index in [1.54, 1.807) is 15.8 Å². The van der Waals surface area contributed by atoms with Gasteiger partial charge in [-0.2, -0.15) is 0 Å². The molecule has 0 amide bonds. The summed E-state index contributed by atoms with van der Waals surface area (Å²) in [4.78, 5) is 13.8. The third kappa shape index (κ3) is 2.89. The second-order valence-corrected chi connectivity index (χ2v) is 3.73. The van der Waals surface area contributed by atoms with Gasteiger partial charge in [0, 0.05) is 26.2 Å².